The lowest BCUT2D eigenvalue weighted by Crippen LogP contribution is -2.58. The van der Waals surface area contributed by atoms with Crippen LogP contribution in [0.1, 0.15) is 46.0 Å². The number of aliphatic carboxylic acids is 2. The van der Waals surface area contributed by atoms with Crippen molar-refractivity contribution in [2.24, 2.45) is 16.2 Å². The summed E-state index contributed by atoms with van der Waals surface area (Å²) in [7, 11) is 0. The summed E-state index contributed by atoms with van der Waals surface area (Å²) in [5, 5.41) is 18.7. The third kappa shape index (κ3) is 1.16. The fourth-order valence-corrected chi connectivity index (χ4v) is 3.82. The summed E-state index contributed by atoms with van der Waals surface area (Å²) in [4.78, 5) is 22.8. The fraction of sp³-hybridized carbons (Fsp3) is 0.833. The first-order valence-corrected chi connectivity index (χ1v) is 5.73. The molecule has 2 bridgehead atoms. The minimum Gasteiger partial charge on any atom is -0.481 e. The van der Waals surface area contributed by atoms with Gasteiger partial charge in [0.1, 0.15) is 0 Å². The highest BCUT2D eigenvalue weighted by atomic mass is 16.4. The predicted molar refractivity (Wildman–Crippen MR) is 57.0 cm³/mol. The standard InChI is InChI=1S/C12H18O4/c1-10(2)7-11(8(13)14)3-5-12(10,6-4-11)9(15)16/h3-7H2,1-2H3,(H,13,14)(H,15,16). The number of hydrogen-bond acceptors (Lipinski definition) is 2. The van der Waals surface area contributed by atoms with Crippen molar-refractivity contribution in [3.8, 4) is 0 Å². The number of carbonyl (C=O) groups is 2. The molecular weight excluding hydrogens is 208 g/mol. The lowest BCUT2D eigenvalue weighted by molar-refractivity contribution is -0.191. The van der Waals surface area contributed by atoms with Crippen molar-refractivity contribution in [3.05, 3.63) is 0 Å². The maximum absolute atomic E-state index is 11.5. The van der Waals surface area contributed by atoms with Crippen LogP contribution in [-0.4, -0.2) is 22.2 Å². The lowest BCUT2D eigenvalue weighted by atomic mass is 9.44. The topological polar surface area (TPSA) is 74.6 Å². The van der Waals surface area contributed by atoms with Gasteiger partial charge in [0.15, 0.2) is 0 Å². The van der Waals surface area contributed by atoms with Gasteiger partial charge in [0.05, 0.1) is 10.8 Å². The van der Waals surface area contributed by atoms with Crippen molar-refractivity contribution in [2.75, 3.05) is 0 Å². The number of fused-ring (bicyclic) bond motifs is 3. The number of rotatable bonds is 2. The van der Waals surface area contributed by atoms with Crippen molar-refractivity contribution in [1.29, 1.82) is 0 Å². The molecule has 0 radical (unpaired) electrons. The van der Waals surface area contributed by atoms with E-state index in [4.69, 9.17) is 0 Å². The SMILES string of the molecule is CC1(C)CC2(C(=O)O)CCC1(C(=O)O)CC2. The average Bonchev–Trinajstić information content (AvgIpc) is 2.16. The van der Waals surface area contributed by atoms with Gasteiger partial charge in [0.2, 0.25) is 0 Å². The summed E-state index contributed by atoms with van der Waals surface area (Å²) >= 11 is 0. The second kappa shape index (κ2) is 2.99. The van der Waals surface area contributed by atoms with Crippen molar-refractivity contribution in [2.45, 2.75) is 46.0 Å². The Morgan fingerprint density at radius 1 is 0.938 bits per heavy atom. The zero-order chi connectivity index (χ0) is 12.2. The second-order valence-corrected chi connectivity index (χ2v) is 6.03. The van der Waals surface area contributed by atoms with Gasteiger partial charge in [-0.3, -0.25) is 9.59 Å². The third-order valence-electron chi connectivity index (χ3n) is 5.00. The van der Waals surface area contributed by atoms with Crippen LogP contribution < -0.4 is 0 Å². The molecule has 3 aliphatic rings. The smallest absolute Gasteiger partial charge is 0.310 e. The molecule has 2 N–H and O–H groups in total. The minimum absolute atomic E-state index is 0.423. The highest BCUT2D eigenvalue weighted by molar-refractivity contribution is 5.80. The molecule has 4 heteroatoms. The summed E-state index contributed by atoms with van der Waals surface area (Å²) in [6.07, 6.45) is 2.51. The highest BCUT2D eigenvalue weighted by Gasteiger charge is 2.64. The Morgan fingerprint density at radius 3 is 1.75 bits per heavy atom. The summed E-state index contributed by atoms with van der Waals surface area (Å²) in [6, 6.07) is 0. The monoisotopic (exact) mass is 226 g/mol. The van der Waals surface area contributed by atoms with Gasteiger partial charge in [-0.05, 0) is 37.5 Å². The Balaban J connectivity index is 2.41. The first-order chi connectivity index (χ1) is 7.26. The van der Waals surface area contributed by atoms with E-state index in [1.807, 2.05) is 13.8 Å². The molecule has 0 unspecified atom stereocenters. The molecule has 0 spiro atoms. The van der Waals surface area contributed by atoms with Crippen LogP contribution in [-0.2, 0) is 9.59 Å². The van der Waals surface area contributed by atoms with Crippen LogP contribution in [0, 0.1) is 16.2 Å². The Hall–Kier alpha value is -1.06. The van der Waals surface area contributed by atoms with Gasteiger partial charge in [-0.15, -0.1) is 0 Å². The summed E-state index contributed by atoms with van der Waals surface area (Å²) < 4.78 is 0. The van der Waals surface area contributed by atoms with E-state index in [-0.39, 0.29) is 0 Å². The van der Waals surface area contributed by atoms with Gasteiger partial charge in [-0.25, -0.2) is 0 Å². The van der Waals surface area contributed by atoms with E-state index in [1.54, 1.807) is 0 Å². The Labute approximate surface area is 94.7 Å². The molecular formula is C12H18O4. The van der Waals surface area contributed by atoms with Gasteiger partial charge in [0, 0.05) is 0 Å². The summed E-state index contributed by atoms with van der Waals surface area (Å²) in [5.41, 5.74) is -1.79. The van der Waals surface area contributed by atoms with Crippen molar-refractivity contribution < 1.29 is 19.8 Å². The molecule has 3 saturated carbocycles. The highest BCUT2D eigenvalue weighted by Crippen LogP contribution is 2.65. The Morgan fingerprint density at radius 2 is 1.44 bits per heavy atom. The molecule has 4 nitrogen and oxygen atoms in total. The molecule has 0 aliphatic heterocycles. The van der Waals surface area contributed by atoms with Crippen LogP contribution in [0.3, 0.4) is 0 Å². The molecule has 0 aromatic rings. The normalized spacial score (nSPS) is 40.6. The lowest BCUT2D eigenvalue weighted by Gasteiger charge is -2.58. The van der Waals surface area contributed by atoms with Crippen LogP contribution in [0.5, 0.6) is 0 Å². The summed E-state index contributed by atoms with van der Waals surface area (Å²) in [5.74, 6) is -1.50. The molecule has 0 aromatic heterocycles. The molecule has 3 fully saturated rings. The molecule has 0 amide bonds. The fourth-order valence-electron chi connectivity index (χ4n) is 3.82. The van der Waals surface area contributed by atoms with Crippen LogP contribution in [0.15, 0.2) is 0 Å². The van der Waals surface area contributed by atoms with E-state index in [9.17, 15) is 19.8 Å². The maximum atomic E-state index is 11.5. The zero-order valence-electron chi connectivity index (χ0n) is 9.75. The van der Waals surface area contributed by atoms with Gasteiger partial charge in [-0.1, -0.05) is 13.8 Å². The first-order valence-electron chi connectivity index (χ1n) is 5.73. The molecule has 16 heavy (non-hydrogen) atoms. The Kier molecular flexibility index (Phi) is 2.14. The maximum Gasteiger partial charge on any atom is 0.310 e. The van der Waals surface area contributed by atoms with E-state index in [0.29, 0.717) is 32.1 Å². The van der Waals surface area contributed by atoms with Crippen LogP contribution in [0.2, 0.25) is 0 Å². The van der Waals surface area contributed by atoms with Crippen molar-refractivity contribution in [1.82, 2.24) is 0 Å². The van der Waals surface area contributed by atoms with Crippen LogP contribution in [0.4, 0.5) is 0 Å². The Bertz CT molecular complexity index is 348. The quantitative estimate of drug-likeness (QED) is 0.756. The molecule has 90 valence electrons. The molecule has 3 aliphatic carbocycles. The van der Waals surface area contributed by atoms with Crippen LogP contribution >= 0.6 is 0 Å². The van der Waals surface area contributed by atoms with Gasteiger partial charge in [-0.2, -0.15) is 0 Å². The molecule has 0 atom stereocenters. The predicted octanol–water partition coefficient (Wildman–Crippen LogP) is 2.13. The van der Waals surface area contributed by atoms with Crippen LogP contribution in [0.25, 0.3) is 0 Å². The average molecular weight is 226 g/mol. The number of carboxylic acid groups (broad SMARTS) is 2. The van der Waals surface area contributed by atoms with E-state index >= 15 is 0 Å². The van der Waals surface area contributed by atoms with E-state index in [2.05, 4.69) is 0 Å². The van der Waals surface area contributed by atoms with Crippen molar-refractivity contribution >= 4 is 11.9 Å². The van der Waals surface area contributed by atoms with E-state index in [1.165, 1.54) is 0 Å². The van der Waals surface area contributed by atoms with E-state index < -0.39 is 28.2 Å². The second-order valence-electron chi connectivity index (χ2n) is 6.03. The van der Waals surface area contributed by atoms with Gasteiger partial charge in [0.25, 0.3) is 0 Å². The largest absolute Gasteiger partial charge is 0.481 e. The third-order valence-corrected chi connectivity index (χ3v) is 5.00. The van der Waals surface area contributed by atoms with Gasteiger partial charge >= 0.3 is 11.9 Å². The number of carboxylic acids is 2. The molecule has 0 aromatic carbocycles. The minimum atomic E-state index is -0.754. The zero-order valence-corrected chi connectivity index (χ0v) is 9.75. The molecule has 0 saturated heterocycles. The summed E-state index contributed by atoms with van der Waals surface area (Å²) in [6.45, 7) is 3.80. The van der Waals surface area contributed by atoms with Gasteiger partial charge < -0.3 is 10.2 Å². The first kappa shape index (κ1) is 11.4. The van der Waals surface area contributed by atoms with Crippen molar-refractivity contribution in [3.63, 3.8) is 0 Å². The molecule has 3 rings (SSSR count). The number of hydrogen-bond donors (Lipinski definition) is 2. The molecule has 0 heterocycles. The van der Waals surface area contributed by atoms with E-state index in [0.717, 1.165) is 0 Å².